The van der Waals surface area contributed by atoms with Gasteiger partial charge in [-0.2, -0.15) is 4.72 Å². The summed E-state index contributed by atoms with van der Waals surface area (Å²) < 4.78 is 28.4. The van der Waals surface area contributed by atoms with Crippen molar-refractivity contribution in [1.29, 1.82) is 0 Å². The largest absolute Gasteiger partial charge is 0.324 e. The van der Waals surface area contributed by atoms with Gasteiger partial charge in [0.05, 0.1) is 0 Å². The van der Waals surface area contributed by atoms with Crippen LogP contribution in [-0.4, -0.2) is 20.4 Å². The van der Waals surface area contributed by atoms with Crippen LogP contribution in [0.1, 0.15) is 29.5 Å². The standard InChI is InChI=1S/C23H24N2O3S2/c26-23(24-20-13-6-11-18-10-4-5-12-19(18)20)21(16-17-8-2-1-3-9-17)25-30(27,28)22-14-7-15-29-22/h1-3,6-9,11,13-15,21,25H,4-5,10,12,16H2,(H,24,26). The molecule has 1 atom stereocenters. The van der Waals surface area contributed by atoms with Gasteiger partial charge in [-0.15, -0.1) is 11.3 Å². The van der Waals surface area contributed by atoms with Gasteiger partial charge in [-0.3, -0.25) is 4.79 Å². The Labute approximate surface area is 181 Å². The molecule has 1 aliphatic carbocycles. The Balaban J connectivity index is 1.59. The van der Waals surface area contributed by atoms with Crippen LogP contribution >= 0.6 is 11.3 Å². The van der Waals surface area contributed by atoms with E-state index in [1.54, 1.807) is 11.4 Å². The number of anilines is 1. The fourth-order valence-corrected chi connectivity index (χ4v) is 6.02. The van der Waals surface area contributed by atoms with E-state index in [2.05, 4.69) is 16.1 Å². The molecule has 5 nitrogen and oxygen atoms in total. The number of hydrogen-bond donors (Lipinski definition) is 2. The Morgan fingerprint density at radius 2 is 1.77 bits per heavy atom. The highest BCUT2D eigenvalue weighted by Gasteiger charge is 2.27. The van der Waals surface area contributed by atoms with Gasteiger partial charge < -0.3 is 5.32 Å². The molecule has 1 aliphatic rings. The summed E-state index contributed by atoms with van der Waals surface area (Å²) >= 11 is 1.13. The van der Waals surface area contributed by atoms with E-state index < -0.39 is 16.1 Å². The maximum absolute atomic E-state index is 13.2. The lowest BCUT2D eigenvalue weighted by Crippen LogP contribution is -2.45. The maximum atomic E-state index is 13.2. The molecule has 3 aromatic rings. The van der Waals surface area contributed by atoms with Gasteiger partial charge in [0.15, 0.2) is 0 Å². The molecule has 0 spiro atoms. The summed E-state index contributed by atoms with van der Waals surface area (Å²) in [6.45, 7) is 0. The molecule has 30 heavy (non-hydrogen) atoms. The first-order chi connectivity index (χ1) is 14.5. The van der Waals surface area contributed by atoms with Gasteiger partial charge in [0, 0.05) is 5.69 Å². The van der Waals surface area contributed by atoms with Crippen LogP contribution < -0.4 is 10.0 Å². The highest BCUT2D eigenvalue weighted by Crippen LogP contribution is 2.28. The van der Waals surface area contributed by atoms with Gasteiger partial charge >= 0.3 is 0 Å². The van der Waals surface area contributed by atoms with Crippen LogP contribution in [0.3, 0.4) is 0 Å². The quantitative estimate of drug-likeness (QED) is 0.579. The highest BCUT2D eigenvalue weighted by molar-refractivity contribution is 7.91. The van der Waals surface area contributed by atoms with Gasteiger partial charge in [0.2, 0.25) is 5.91 Å². The molecule has 7 heteroatoms. The molecule has 1 heterocycles. The molecule has 0 aliphatic heterocycles. The summed E-state index contributed by atoms with van der Waals surface area (Å²) in [7, 11) is -3.78. The number of aryl methyl sites for hydroxylation is 1. The Kier molecular flexibility index (Phi) is 6.32. The Morgan fingerprint density at radius 1 is 0.967 bits per heavy atom. The normalized spacial score (nSPS) is 14.7. The number of carbonyl (C=O) groups is 1. The molecule has 0 radical (unpaired) electrons. The molecule has 4 rings (SSSR count). The number of amides is 1. The van der Waals surface area contributed by atoms with E-state index in [0.29, 0.717) is 0 Å². The summed E-state index contributed by atoms with van der Waals surface area (Å²) in [6.07, 6.45) is 4.46. The van der Waals surface area contributed by atoms with E-state index in [1.165, 1.54) is 11.6 Å². The molecule has 0 saturated heterocycles. The van der Waals surface area contributed by atoms with Crippen LogP contribution in [0.25, 0.3) is 0 Å². The molecule has 0 saturated carbocycles. The summed E-state index contributed by atoms with van der Waals surface area (Å²) in [5, 5.41) is 4.70. The van der Waals surface area contributed by atoms with Crippen molar-refractivity contribution in [3.8, 4) is 0 Å². The first kappa shape index (κ1) is 20.8. The van der Waals surface area contributed by atoms with Crippen molar-refractivity contribution in [3.63, 3.8) is 0 Å². The third-order valence-electron chi connectivity index (χ3n) is 5.31. The molecular formula is C23H24N2O3S2. The number of rotatable bonds is 7. The average molecular weight is 441 g/mol. The first-order valence-electron chi connectivity index (χ1n) is 10.0. The number of hydrogen-bond acceptors (Lipinski definition) is 4. The number of benzene rings is 2. The van der Waals surface area contributed by atoms with Crippen LogP contribution in [0.2, 0.25) is 0 Å². The van der Waals surface area contributed by atoms with Crippen molar-refractivity contribution >= 4 is 33.0 Å². The van der Waals surface area contributed by atoms with Crippen molar-refractivity contribution in [2.75, 3.05) is 5.32 Å². The van der Waals surface area contributed by atoms with E-state index >= 15 is 0 Å². The lowest BCUT2D eigenvalue weighted by atomic mass is 9.90. The van der Waals surface area contributed by atoms with Crippen LogP contribution in [0, 0.1) is 0 Å². The topological polar surface area (TPSA) is 75.3 Å². The highest BCUT2D eigenvalue weighted by atomic mass is 32.2. The van der Waals surface area contributed by atoms with Crippen LogP contribution in [0.15, 0.2) is 70.3 Å². The summed E-state index contributed by atoms with van der Waals surface area (Å²) in [6, 6.07) is 17.7. The Morgan fingerprint density at radius 3 is 2.53 bits per heavy atom. The van der Waals surface area contributed by atoms with Crippen molar-refractivity contribution < 1.29 is 13.2 Å². The number of nitrogens with one attached hydrogen (secondary N) is 2. The van der Waals surface area contributed by atoms with Gasteiger partial charge in [-0.1, -0.05) is 48.5 Å². The van der Waals surface area contributed by atoms with Crippen molar-refractivity contribution in [3.05, 3.63) is 82.7 Å². The lowest BCUT2D eigenvalue weighted by molar-refractivity contribution is -0.117. The minimum atomic E-state index is -3.78. The Hall–Kier alpha value is -2.48. The molecular weight excluding hydrogens is 416 g/mol. The summed E-state index contributed by atoms with van der Waals surface area (Å²) in [5.74, 6) is -0.349. The van der Waals surface area contributed by atoms with E-state index in [4.69, 9.17) is 0 Å². The minimum absolute atomic E-state index is 0.199. The zero-order valence-electron chi connectivity index (χ0n) is 16.5. The molecule has 2 N–H and O–H groups in total. The van der Waals surface area contributed by atoms with Crippen molar-refractivity contribution in [1.82, 2.24) is 4.72 Å². The second kappa shape index (κ2) is 9.12. The van der Waals surface area contributed by atoms with E-state index in [-0.39, 0.29) is 16.5 Å². The second-order valence-corrected chi connectivity index (χ2v) is 10.3. The number of thiophene rings is 1. The van der Waals surface area contributed by atoms with Crippen molar-refractivity contribution in [2.45, 2.75) is 42.4 Å². The number of fused-ring (bicyclic) bond motifs is 1. The summed E-state index contributed by atoms with van der Waals surface area (Å²) in [5.41, 5.74) is 4.10. The molecule has 1 unspecified atom stereocenters. The average Bonchev–Trinajstić information content (AvgIpc) is 3.30. The maximum Gasteiger partial charge on any atom is 0.250 e. The van der Waals surface area contributed by atoms with Crippen LogP contribution in [0.4, 0.5) is 5.69 Å². The smallest absolute Gasteiger partial charge is 0.250 e. The predicted octanol–water partition coefficient (Wildman–Crippen LogP) is 4.16. The SMILES string of the molecule is O=C(Nc1cccc2c1CCCC2)C(Cc1ccccc1)NS(=O)(=O)c1cccs1. The number of carbonyl (C=O) groups excluding carboxylic acids is 1. The third kappa shape index (κ3) is 4.80. The van der Waals surface area contributed by atoms with E-state index in [1.807, 2.05) is 42.5 Å². The lowest BCUT2D eigenvalue weighted by Gasteiger charge is -2.22. The second-order valence-electron chi connectivity index (χ2n) is 7.44. The third-order valence-corrected chi connectivity index (χ3v) is 8.18. The summed E-state index contributed by atoms with van der Waals surface area (Å²) in [4.78, 5) is 13.2. The van der Waals surface area contributed by atoms with E-state index in [0.717, 1.165) is 53.8 Å². The number of sulfonamides is 1. The molecule has 1 amide bonds. The van der Waals surface area contributed by atoms with Gasteiger partial charge in [-0.25, -0.2) is 8.42 Å². The van der Waals surface area contributed by atoms with Gasteiger partial charge in [0.25, 0.3) is 10.0 Å². The predicted molar refractivity (Wildman–Crippen MR) is 120 cm³/mol. The van der Waals surface area contributed by atoms with Crippen molar-refractivity contribution in [2.24, 2.45) is 0 Å². The molecule has 156 valence electrons. The molecule has 0 bridgehead atoms. The fourth-order valence-electron chi connectivity index (χ4n) is 3.82. The zero-order valence-corrected chi connectivity index (χ0v) is 18.1. The van der Waals surface area contributed by atoms with E-state index in [9.17, 15) is 13.2 Å². The fraction of sp³-hybridized carbons (Fsp3) is 0.261. The zero-order chi connectivity index (χ0) is 21.0. The first-order valence-corrected chi connectivity index (χ1v) is 12.4. The molecule has 1 aromatic heterocycles. The minimum Gasteiger partial charge on any atom is -0.324 e. The molecule has 2 aromatic carbocycles. The van der Waals surface area contributed by atoms with Gasteiger partial charge in [-0.05, 0) is 66.3 Å². The van der Waals surface area contributed by atoms with Gasteiger partial charge in [0.1, 0.15) is 10.3 Å². The monoisotopic (exact) mass is 440 g/mol. The Bertz CT molecular complexity index is 1110. The molecule has 0 fully saturated rings. The van der Waals surface area contributed by atoms with Crippen LogP contribution in [0.5, 0.6) is 0 Å². The van der Waals surface area contributed by atoms with Crippen LogP contribution in [-0.2, 0) is 34.1 Å².